The molecular formula is C14H21NO2. The molecule has 1 aliphatic heterocycles. The van der Waals surface area contributed by atoms with Crippen molar-refractivity contribution >= 4 is 0 Å². The van der Waals surface area contributed by atoms with Gasteiger partial charge in [-0.25, -0.2) is 0 Å². The molecule has 0 spiro atoms. The molecule has 3 nitrogen and oxygen atoms in total. The van der Waals surface area contributed by atoms with E-state index in [9.17, 15) is 5.11 Å². The van der Waals surface area contributed by atoms with Gasteiger partial charge in [0.2, 0.25) is 0 Å². The second-order valence-corrected chi connectivity index (χ2v) is 4.85. The van der Waals surface area contributed by atoms with E-state index < -0.39 is 0 Å². The van der Waals surface area contributed by atoms with Gasteiger partial charge >= 0.3 is 0 Å². The van der Waals surface area contributed by atoms with E-state index in [-0.39, 0.29) is 12.0 Å². The van der Waals surface area contributed by atoms with Crippen molar-refractivity contribution in [2.24, 2.45) is 5.41 Å². The van der Waals surface area contributed by atoms with Gasteiger partial charge in [0.05, 0.1) is 6.61 Å². The lowest BCUT2D eigenvalue weighted by atomic mass is 9.83. The molecule has 0 aromatic heterocycles. The van der Waals surface area contributed by atoms with Crippen LogP contribution in [0.2, 0.25) is 0 Å². The number of hydrogen-bond acceptors (Lipinski definition) is 3. The van der Waals surface area contributed by atoms with Crippen LogP contribution >= 0.6 is 0 Å². The zero-order valence-electron chi connectivity index (χ0n) is 10.2. The maximum atomic E-state index is 9.45. The second kappa shape index (κ2) is 6.03. The highest BCUT2D eigenvalue weighted by molar-refractivity contribution is 5.20. The Labute approximate surface area is 103 Å². The number of para-hydroxylation sites is 1. The Balaban J connectivity index is 1.69. The third-order valence-electron chi connectivity index (χ3n) is 3.53. The largest absolute Gasteiger partial charge is 0.494 e. The van der Waals surface area contributed by atoms with Crippen molar-refractivity contribution in [3.05, 3.63) is 30.3 Å². The van der Waals surface area contributed by atoms with E-state index in [0.717, 1.165) is 44.7 Å². The van der Waals surface area contributed by atoms with E-state index in [2.05, 4.69) is 5.32 Å². The normalized spacial score (nSPS) is 23.8. The topological polar surface area (TPSA) is 41.5 Å². The van der Waals surface area contributed by atoms with Crippen molar-refractivity contribution in [1.82, 2.24) is 5.32 Å². The van der Waals surface area contributed by atoms with Crippen molar-refractivity contribution in [2.45, 2.75) is 19.3 Å². The molecule has 17 heavy (non-hydrogen) atoms. The van der Waals surface area contributed by atoms with Gasteiger partial charge in [0.25, 0.3) is 0 Å². The van der Waals surface area contributed by atoms with Crippen LogP contribution in [0.3, 0.4) is 0 Å². The van der Waals surface area contributed by atoms with Crippen LogP contribution in [0.1, 0.15) is 19.3 Å². The van der Waals surface area contributed by atoms with E-state index in [1.165, 1.54) is 0 Å². The van der Waals surface area contributed by atoms with Gasteiger partial charge in [0.15, 0.2) is 0 Å². The molecule has 94 valence electrons. The van der Waals surface area contributed by atoms with Crippen LogP contribution in [0.5, 0.6) is 5.75 Å². The fourth-order valence-corrected chi connectivity index (χ4v) is 2.38. The maximum absolute atomic E-state index is 9.45. The molecule has 2 rings (SSSR count). The molecule has 1 heterocycles. The van der Waals surface area contributed by atoms with Gasteiger partial charge in [-0.15, -0.1) is 0 Å². The number of rotatable bonds is 6. The average molecular weight is 235 g/mol. The van der Waals surface area contributed by atoms with Gasteiger partial charge in [-0.3, -0.25) is 0 Å². The summed E-state index contributed by atoms with van der Waals surface area (Å²) in [5.41, 5.74) is 0.0973. The highest BCUT2D eigenvalue weighted by Gasteiger charge is 2.32. The zero-order valence-corrected chi connectivity index (χ0v) is 10.2. The Bertz CT molecular complexity index is 320. The minimum Gasteiger partial charge on any atom is -0.494 e. The average Bonchev–Trinajstić information content (AvgIpc) is 2.85. The van der Waals surface area contributed by atoms with Crippen molar-refractivity contribution in [2.75, 3.05) is 26.3 Å². The van der Waals surface area contributed by atoms with Gasteiger partial charge in [-0.2, -0.15) is 0 Å². The zero-order chi connectivity index (χ0) is 12.0. The molecule has 1 aliphatic rings. The molecule has 0 radical (unpaired) electrons. The minimum absolute atomic E-state index is 0.0973. The van der Waals surface area contributed by atoms with Crippen molar-refractivity contribution < 1.29 is 9.84 Å². The molecule has 0 saturated carbocycles. The summed E-state index contributed by atoms with van der Waals surface area (Å²) >= 11 is 0. The second-order valence-electron chi connectivity index (χ2n) is 4.85. The van der Waals surface area contributed by atoms with E-state index in [0.29, 0.717) is 0 Å². The summed E-state index contributed by atoms with van der Waals surface area (Å²) in [5.74, 6) is 0.926. The first kappa shape index (κ1) is 12.4. The Morgan fingerprint density at radius 1 is 1.29 bits per heavy atom. The van der Waals surface area contributed by atoms with Crippen molar-refractivity contribution in [3.63, 3.8) is 0 Å². The SMILES string of the molecule is OCC1(CCCOc2ccccc2)CCNC1. The third kappa shape index (κ3) is 3.45. The van der Waals surface area contributed by atoms with Gasteiger partial charge in [0.1, 0.15) is 5.75 Å². The summed E-state index contributed by atoms with van der Waals surface area (Å²) in [7, 11) is 0. The van der Waals surface area contributed by atoms with Crippen LogP contribution in [-0.2, 0) is 0 Å². The summed E-state index contributed by atoms with van der Waals surface area (Å²) in [6.45, 7) is 2.98. The molecule has 1 aromatic rings. The third-order valence-corrected chi connectivity index (χ3v) is 3.53. The van der Waals surface area contributed by atoms with Crippen LogP contribution in [0.4, 0.5) is 0 Å². The number of hydrogen-bond donors (Lipinski definition) is 2. The first-order chi connectivity index (χ1) is 8.35. The Morgan fingerprint density at radius 2 is 2.12 bits per heavy atom. The molecule has 0 bridgehead atoms. The molecule has 1 unspecified atom stereocenters. The van der Waals surface area contributed by atoms with Gasteiger partial charge in [-0.05, 0) is 37.9 Å². The fourth-order valence-electron chi connectivity index (χ4n) is 2.38. The molecule has 0 amide bonds. The number of aliphatic hydroxyl groups excluding tert-OH is 1. The predicted octanol–water partition coefficient (Wildman–Crippen LogP) is 1.82. The molecule has 1 atom stereocenters. The number of ether oxygens (including phenoxy) is 1. The summed E-state index contributed by atoms with van der Waals surface area (Å²) in [6.07, 6.45) is 3.11. The molecule has 1 fully saturated rings. The molecule has 3 heteroatoms. The summed E-state index contributed by atoms with van der Waals surface area (Å²) in [4.78, 5) is 0. The highest BCUT2D eigenvalue weighted by atomic mass is 16.5. The molecular weight excluding hydrogens is 214 g/mol. The number of benzene rings is 1. The van der Waals surface area contributed by atoms with Crippen molar-refractivity contribution in [1.29, 1.82) is 0 Å². The van der Waals surface area contributed by atoms with Crippen molar-refractivity contribution in [3.8, 4) is 5.75 Å². The Kier molecular flexibility index (Phi) is 4.40. The lowest BCUT2D eigenvalue weighted by molar-refractivity contribution is 0.124. The van der Waals surface area contributed by atoms with Gasteiger partial charge in [0, 0.05) is 18.6 Å². The lowest BCUT2D eigenvalue weighted by Crippen LogP contribution is -2.28. The summed E-state index contributed by atoms with van der Waals surface area (Å²) < 4.78 is 5.65. The Hall–Kier alpha value is -1.06. The summed E-state index contributed by atoms with van der Waals surface area (Å²) in [5, 5.41) is 12.8. The lowest BCUT2D eigenvalue weighted by Gasteiger charge is -2.25. The van der Waals surface area contributed by atoms with E-state index in [1.54, 1.807) is 0 Å². The van der Waals surface area contributed by atoms with Crippen LogP contribution < -0.4 is 10.1 Å². The van der Waals surface area contributed by atoms with Crippen LogP contribution in [0.25, 0.3) is 0 Å². The quantitative estimate of drug-likeness (QED) is 0.739. The monoisotopic (exact) mass is 235 g/mol. The number of nitrogens with one attached hydrogen (secondary N) is 1. The summed E-state index contributed by atoms with van der Waals surface area (Å²) in [6, 6.07) is 9.88. The first-order valence-electron chi connectivity index (χ1n) is 6.34. The smallest absolute Gasteiger partial charge is 0.119 e. The maximum Gasteiger partial charge on any atom is 0.119 e. The van der Waals surface area contributed by atoms with E-state index in [1.807, 2.05) is 30.3 Å². The molecule has 0 aliphatic carbocycles. The molecule has 1 saturated heterocycles. The minimum atomic E-state index is 0.0973. The Morgan fingerprint density at radius 3 is 2.76 bits per heavy atom. The first-order valence-corrected chi connectivity index (χ1v) is 6.34. The predicted molar refractivity (Wildman–Crippen MR) is 68.2 cm³/mol. The molecule has 1 aromatic carbocycles. The number of aliphatic hydroxyl groups is 1. The van der Waals surface area contributed by atoms with Gasteiger partial charge in [-0.1, -0.05) is 18.2 Å². The standard InChI is InChI=1S/C14H21NO2/c16-12-14(8-9-15-11-14)7-4-10-17-13-5-2-1-3-6-13/h1-3,5-6,15-16H,4,7-12H2. The highest BCUT2D eigenvalue weighted by Crippen LogP contribution is 2.30. The fraction of sp³-hybridized carbons (Fsp3) is 0.571. The van der Waals surface area contributed by atoms with E-state index >= 15 is 0 Å². The van der Waals surface area contributed by atoms with Crippen LogP contribution in [0.15, 0.2) is 30.3 Å². The molecule has 2 N–H and O–H groups in total. The van der Waals surface area contributed by atoms with E-state index in [4.69, 9.17) is 4.74 Å². The van der Waals surface area contributed by atoms with Crippen LogP contribution in [-0.4, -0.2) is 31.4 Å². The van der Waals surface area contributed by atoms with Gasteiger partial charge < -0.3 is 15.2 Å². The van der Waals surface area contributed by atoms with Crippen LogP contribution in [0, 0.1) is 5.41 Å².